The highest BCUT2D eigenvalue weighted by Crippen LogP contribution is 2.25. The van der Waals surface area contributed by atoms with Crippen molar-refractivity contribution in [2.45, 2.75) is 38.8 Å². The molecule has 0 aliphatic heterocycles. The maximum atomic E-state index is 11.7. The zero-order valence-corrected chi connectivity index (χ0v) is 12.6. The van der Waals surface area contributed by atoms with E-state index in [1.54, 1.807) is 27.8 Å². The zero-order chi connectivity index (χ0) is 15.5. The predicted octanol–water partition coefficient (Wildman–Crippen LogP) is 2.11. The Kier molecular flexibility index (Phi) is 4.99. The summed E-state index contributed by atoms with van der Waals surface area (Å²) < 4.78 is 6.50. The molecule has 1 aromatic rings. The number of aromatic nitrogens is 2. The van der Waals surface area contributed by atoms with Crippen molar-refractivity contribution >= 4 is 23.7 Å². The Labute approximate surface area is 121 Å². The first-order chi connectivity index (χ1) is 9.10. The van der Waals surface area contributed by atoms with Crippen LogP contribution in [0.1, 0.15) is 38.8 Å². The molecule has 2 N–H and O–H groups in total. The fourth-order valence-corrected chi connectivity index (χ4v) is 1.76. The fraction of sp³-hybridized carbons (Fsp3) is 0.583. The maximum absolute atomic E-state index is 11.7. The van der Waals surface area contributed by atoms with Crippen LogP contribution in [0, 0.1) is 0 Å². The lowest BCUT2D eigenvalue weighted by Gasteiger charge is -2.22. The summed E-state index contributed by atoms with van der Waals surface area (Å²) in [6.07, 6.45) is 0.404. The molecule has 1 rings (SSSR count). The quantitative estimate of drug-likeness (QED) is 0.888. The molecule has 1 aromatic heterocycles. The SMILES string of the molecule is Cn1ncc([C@@H](CC(=O)O)NC(=O)OC(C)(C)C)c1Cl. The molecule has 0 aliphatic carbocycles. The lowest BCUT2D eigenvalue weighted by atomic mass is 10.1. The highest BCUT2D eigenvalue weighted by Gasteiger charge is 2.25. The minimum atomic E-state index is -1.06. The first kappa shape index (κ1) is 16.3. The number of aryl methyl sites for hydroxylation is 1. The van der Waals surface area contributed by atoms with Gasteiger partial charge in [-0.25, -0.2) is 4.79 Å². The minimum Gasteiger partial charge on any atom is -0.481 e. The number of nitrogens with zero attached hydrogens (tertiary/aromatic N) is 2. The number of ether oxygens (including phenoxy) is 1. The van der Waals surface area contributed by atoms with Crippen LogP contribution in [0.5, 0.6) is 0 Å². The number of halogens is 1. The van der Waals surface area contributed by atoms with Gasteiger partial charge in [-0.05, 0) is 20.8 Å². The van der Waals surface area contributed by atoms with Crippen LogP contribution in [0.25, 0.3) is 0 Å². The summed E-state index contributed by atoms with van der Waals surface area (Å²) in [5, 5.41) is 15.6. The number of aliphatic carboxylic acids is 1. The van der Waals surface area contributed by atoms with Crippen molar-refractivity contribution in [1.29, 1.82) is 0 Å². The van der Waals surface area contributed by atoms with Gasteiger partial charge in [0, 0.05) is 12.6 Å². The molecule has 0 fully saturated rings. The Bertz CT molecular complexity index is 507. The van der Waals surface area contributed by atoms with Gasteiger partial charge in [0.2, 0.25) is 0 Å². The lowest BCUT2D eigenvalue weighted by Crippen LogP contribution is -2.35. The zero-order valence-electron chi connectivity index (χ0n) is 11.8. The number of amides is 1. The second kappa shape index (κ2) is 6.13. The molecule has 0 radical (unpaired) electrons. The van der Waals surface area contributed by atoms with E-state index in [4.69, 9.17) is 21.4 Å². The molecule has 1 heterocycles. The molecule has 1 atom stereocenters. The van der Waals surface area contributed by atoms with E-state index in [0.29, 0.717) is 5.56 Å². The second-order valence-electron chi connectivity index (χ2n) is 5.31. The molecule has 20 heavy (non-hydrogen) atoms. The van der Waals surface area contributed by atoms with Gasteiger partial charge in [-0.2, -0.15) is 5.10 Å². The summed E-state index contributed by atoms with van der Waals surface area (Å²) in [7, 11) is 1.62. The Morgan fingerprint density at radius 2 is 2.15 bits per heavy atom. The molecule has 0 saturated carbocycles. The smallest absolute Gasteiger partial charge is 0.408 e. The van der Waals surface area contributed by atoms with Gasteiger partial charge in [0.05, 0.1) is 18.7 Å². The van der Waals surface area contributed by atoms with Gasteiger partial charge in [0.15, 0.2) is 0 Å². The van der Waals surface area contributed by atoms with E-state index >= 15 is 0 Å². The largest absolute Gasteiger partial charge is 0.481 e. The third-order valence-electron chi connectivity index (χ3n) is 2.34. The van der Waals surface area contributed by atoms with Gasteiger partial charge in [0.1, 0.15) is 10.8 Å². The average molecular weight is 304 g/mol. The lowest BCUT2D eigenvalue weighted by molar-refractivity contribution is -0.137. The third kappa shape index (κ3) is 4.73. The van der Waals surface area contributed by atoms with E-state index in [9.17, 15) is 9.59 Å². The van der Waals surface area contributed by atoms with Crippen molar-refractivity contribution in [2.75, 3.05) is 0 Å². The van der Waals surface area contributed by atoms with Crippen molar-refractivity contribution in [3.8, 4) is 0 Å². The van der Waals surface area contributed by atoms with E-state index in [1.807, 2.05) is 0 Å². The number of nitrogens with one attached hydrogen (secondary N) is 1. The summed E-state index contributed by atoms with van der Waals surface area (Å²) in [6.45, 7) is 5.15. The molecule has 0 bridgehead atoms. The van der Waals surface area contributed by atoms with Gasteiger partial charge in [-0.15, -0.1) is 0 Å². The predicted molar refractivity (Wildman–Crippen MR) is 72.6 cm³/mol. The van der Waals surface area contributed by atoms with Crippen molar-refractivity contribution in [2.24, 2.45) is 7.05 Å². The Balaban J connectivity index is 2.88. The van der Waals surface area contributed by atoms with E-state index in [1.165, 1.54) is 10.9 Å². The molecule has 1 amide bonds. The van der Waals surface area contributed by atoms with Crippen molar-refractivity contribution in [1.82, 2.24) is 15.1 Å². The molecule has 0 spiro atoms. The molecule has 7 nitrogen and oxygen atoms in total. The van der Waals surface area contributed by atoms with E-state index in [-0.39, 0.29) is 11.6 Å². The summed E-state index contributed by atoms with van der Waals surface area (Å²) in [6, 6.07) is -0.802. The topological polar surface area (TPSA) is 93.5 Å². The van der Waals surface area contributed by atoms with E-state index in [0.717, 1.165) is 0 Å². The van der Waals surface area contributed by atoms with Gasteiger partial charge >= 0.3 is 12.1 Å². The monoisotopic (exact) mass is 303 g/mol. The minimum absolute atomic E-state index is 0.271. The van der Waals surface area contributed by atoms with E-state index < -0.39 is 23.7 Å². The number of carbonyl (C=O) groups excluding carboxylic acids is 1. The average Bonchev–Trinajstić information content (AvgIpc) is 2.55. The molecule has 0 saturated heterocycles. The van der Waals surface area contributed by atoms with Crippen LogP contribution >= 0.6 is 11.6 Å². The number of carboxylic acids is 1. The van der Waals surface area contributed by atoms with Crippen molar-refractivity contribution in [3.05, 3.63) is 16.9 Å². The summed E-state index contributed by atoms with van der Waals surface area (Å²) >= 11 is 6.02. The van der Waals surface area contributed by atoms with Crippen LogP contribution in [-0.2, 0) is 16.6 Å². The summed E-state index contributed by atoms with van der Waals surface area (Å²) in [5.41, 5.74) is -0.237. The maximum Gasteiger partial charge on any atom is 0.408 e. The fourth-order valence-electron chi connectivity index (χ4n) is 1.54. The van der Waals surface area contributed by atoms with Gasteiger partial charge in [-0.3, -0.25) is 9.48 Å². The Hall–Kier alpha value is -1.76. The molecule has 0 unspecified atom stereocenters. The number of carbonyl (C=O) groups is 2. The van der Waals surface area contributed by atoms with Gasteiger partial charge < -0.3 is 15.2 Å². The van der Waals surface area contributed by atoms with Gasteiger partial charge in [-0.1, -0.05) is 11.6 Å². The molecule has 0 aromatic carbocycles. The van der Waals surface area contributed by atoms with Crippen LogP contribution in [0.2, 0.25) is 5.15 Å². The van der Waals surface area contributed by atoms with Crippen LogP contribution in [0.3, 0.4) is 0 Å². The second-order valence-corrected chi connectivity index (χ2v) is 5.67. The molecule has 0 aliphatic rings. The van der Waals surface area contributed by atoms with Crippen LogP contribution in [0.15, 0.2) is 6.20 Å². The normalized spacial score (nSPS) is 12.8. The van der Waals surface area contributed by atoms with Crippen LogP contribution in [0.4, 0.5) is 4.79 Å². The van der Waals surface area contributed by atoms with E-state index in [2.05, 4.69) is 10.4 Å². The number of alkyl carbamates (subject to hydrolysis) is 1. The standard InChI is InChI=1S/C12H18ClN3O4/c1-12(2,3)20-11(19)15-8(5-9(17)18)7-6-14-16(4)10(7)13/h6,8H,5H2,1-4H3,(H,15,19)(H,17,18)/t8-/m1/s1. The molecule has 112 valence electrons. The van der Waals surface area contributed by atoms with Crippen molar-refractivity contribution in [3.63, 3.8) is 0 Å². The molecular weight excluding hydrogens is 286 g/mol. The number of rotatable bonds is 4. The number of hydrogen-bond acceptors (Lipinski definition) is 4. The highest BCUT2D eigenvalue weighted by atomic mass is 35.5. The number of hydrogen-bond donors (Lipinski definition) is 2. The molecule has 8 heteroatoms. The summed E-state index contributed by atoms with van der Waals surface area (Å²) in [4.78, 5) is 22.7. The first-order valence-corrected chi connectivity index (χ1v) is 6.36. The highest BCUT2D eigenvalue weighted by molar-refractivity contribution is 6.30. The first-order valence-electron chi connectivity index (χ1n) is 5.99. The van der Waals surface area contributed by atoms with Crippen LogP contribution < -0.4 is 5.32 Å². The summed E-state index contributed by atoms with van der Waals surface area (Å²) in [5.74, 6) is -1.06. The van der Waals surface area contributed by atoms with Gasteiger partial charge in [0.25, 0.3) is 0 Å². The Morgan fingerprint density at radius 1 is 1.55 bits per heavy atom. The molecular formula is C12H18ClN3O4. The number of carboxylic acid groups (broad SMARTS) is 1. The van der Waals surface area contributed by atoms with Crippen molar-refractivity contribution < 1.29 is 19.4 Å². The van der Waals surface area contributed by atoms with Crippen LogP contribution in [-0.4, -0.2) is 32.6 Å². The Morgan fingerprint density at radius 3 is 2.55 bits per heavy atom. The third-order valence-corrected chi connectivity index (χ3v) is 2.80.